The van der Waals surface area contributed by atoms with Crippen molar-refractivity contribution in [2.75, 3.05) is 0 Å². The zero-order valence-electron chi connectivity index (χ0n) is 21.2. The summed E-state index contributed by atoms with van der Waals surface area (Å²) in [4.78, 5) is 33.1. The van der Waals surface area contributed by atoms with Crippen molar-refractivity contribution in [1.29, 1.82) is 0 Å². The van der Waals surface area contributed by atoms with E-state index in [-0.39, 0.29) is 24.2 Å². The summed E-state index contributed by atoms with van der Waals surface area (Å²) < 4.78 is 60.3. The topological polar surface area (TPSA) is 89.4 Å². The smallest absolute Gasteiger partial charge is 0.374 e. The monoisotopic (exact) mass is 552 g/mol. The fourth-order valence-corrected chi connectivity index (χ4v) is 4.87. The minimum absolute atomic E-state index is 0.0252. The Morgan fingerprint density at radius 1 is 0.950 bits per heavy atom. The number of carbonyl (C=O) groups is 2. The summed E-state index contributed by atoms with van der Waals surface area (Å²) in [5, 5.41) is 8.73. The lowest BCUT2D eigenvalue weighted by Gasteiger charge is -2.25. The molecule has 4 aromatic rings. The largest absolute Gasteiger partial charge is 0.477 e. The second-order valence-electron chi connectivity index (χ2n) is 9.72. The molecule has 1 N–H and O–H groups in total. The van der Waals surface area contributed by atoms with E-state index >= 15 is 0 Å². The normalized spacial score (nSPS) is 15.1. The summed E-state index contributed by atoms with van der Waals surface area (Å²) >= 11 is 0. The number of benzene rings is 3. The van der Waals surface area contributed by atoms with Gasteiger partial charge in [-0.25, -0.2) is 28.3 Å². The van der Waals surface area contributed by atoms with E-state index in [0.717, 1.165) is 17.5 Å². The van der Waals surface area contributed by atoms with Crippen molar-refractivity contribution < 1.29 is 37.0 Å². The van der Waals surface area contributed by atoms with Gasteiger partial charge in [0.1, 0.15) is 17.7 Å². The number of carbonyl (C=O) groups excluding carboxylic acids is 1. The van der Waals surface area contributed by atoms with Crippen molar-refractivity contribution in [3.8, 4) is 11.3 Å². The van der Waals surface area contributed by atoms with Crippen molar-refractivity contribution in [2.45, 2.75) is 50.6 Å². The van der Waals surface area contributed by atoms with E-state index in [9.17, 15) is 27.2 Å². The van der Waals surface area contributed by atoms with E-state index < -0.39 is 36.2 Å². The van der Waals surface area contributed by atoms with Gasteiger partial charge < -0.3 is 9.84 Å². The molecule has 10 heteroatoms. The van der Waals surface area contributed by atoms with Crippen molar-refractivity contribution in [2.24, 2.45) is 0 Å². The molecule has 5 rings (SSSR count). The number of aryl methyl sites for hydroxylation is 2. The molecular formula is C30H24F4N2O4. The van der Waals surface area contributed by atoms with Gasteiger partial charge in [0.2, 0.25) is 0 Å². The van der Waals surface area contributed by atoms with Crippen molar-refractivity contribution in [1.82, 2.24) is 9.97 Å². The van der Waals surface area contributed by atoms with Gasteiger partial charge >= 0.3 is 17.9 Å². The molecule has 1 aliphatic carbocycles. The van der Waals surface area contributed by atoms with Crippen LogP contribution < -0.4 is 0 Å². The molecule has 206 valence electrons. The summed E-state index contributed by atoms with van der Waals surface area (Å²) in [5.74, 6) is -7.50. The SMILES string of the molecule is O=C(OC1CCCc2cc(F)ccc21)c1ccc2nc(-c3ccc(F)cc3)c(CCCC(F)(F)C(=O)O)nc2c1. The van der Waals surface area contributed by atoms with E-state index in [0.29, 0.717) is 40.8 Å². The van der Waals surface area contributed by atoms with Crippen LogP contribution in [-0.2, 0) is 22.4 Å². The molecule has 0 aliphatic heterocycles. The van der Waals surface area contributed by atoms with Crippen LogP contribution in [0.15, 0.2) is 60.7 Å². The first-order chi connectivity index (χ1) is 19.1. The second-order valence-corrected chi connectivity index (χ2v) is 9.72. The van der Waals surface area contributed by atoms with E-state index in [1.165, 1.54) is 48.5 Å². The number of carboxylic acid groups (broad SMARTS) is 1. The van der Waals surface area contributed by atoms with Crippen molar-refractivity contribution in [3.05, 3.63) is 94.7 Å². The minimum atomic E-state index is -3.89. The molecule has 0 amide bonds. The zero-order valence-corrected chi connectivity index (χ0v) is 21.2. The van der Waals surface area contributed by atoms with Gasteiger partial charge in [-0.15, -0.1) is 0 Å². The number of aromatic nitrogens is 2. The summed E-state index contributed by atoms with van der Waals surface area (Å²) in [7, 11) is 0. The Bertz CT molecular complexity index is 1590. The van der Waals surface area contributed by atoms with E-state index in [4.69, 9.17) is 9.84 Å². The number of rotatable bonds is 8. The van der Waals surface area contributed by atoms with E-state index in [1.54, 1.807) is 12.1 Å². The number of esters is 1. The number of fused-ring (bicyclic) bond motifs is 2. The fourth-order valence-electron chi connectivity index (χ4n) is 4.87. The molecule has 40 heavy (non-hydrogen) atoms. The van der Waals surface area contributed by atoms with Gasteiger partial charge in [-0.3, -0.25) is 0 Å². The predicted molar refractivity (Wildman–Crippen MR) is 138 cm³/mol. The third-order valence-corrected chi connectivity index (χ3v) is 6.92. The molecule has 0 spiro atoms. The van der Waals surface area contributed by atoms with Crippen LogP contribution in [0.3, 0.4) is 0 Å². The zero-order chi connectivity index (χ0) is 28.4. The molecule has 1 unspecified atom stereocenters. The predicted octanol–water partition coefficient (Wildman–Crippen LogP) is 6.85. The molecule has 0 fully saturated rings. The lowest BCUT2D eigenvalue weighted by atomic mass is 9.89. The van der Waals surface area contributed by atoms with Crippen LogP contribution in [0.25, 0.3) is 22.3 Å². The Labute approximate surface area is 226 Å². The van der Waals surface area contributed by atoms with Crippen LogP contribution in [0.4, 0.5) is 17.6 Å². The highest BCUT2D eigenvalue weighted by molar-refractivity contribution is 5.94. The number of alkyl halides is 2. The second kappa shape index (κ2) is 11.0. The molecule has 3 aromatic carbocycles. The molecule has 0 saturated carbocycles. The highest BCUT2D eigenvalue weighted by Crippen LogP contribution is 2.34. The van der Waals surface area contributed by atoms with E-state index in [2.05, 4.69) is 9.97 Å². The van der Waals surface area contributed by atoms with Crippen LogP contribution >= 0.6 is 0 Å². The number of hydrogen-bond acceptors (Lipinski definition) is 5. The highest BCUT2D eigenvalue weighted by atomic mass is 19.3. The van der Waals surface area contributed by atoms with Gasteiger partial charge in [0.15, 0.2) is 0 Å². The van der Waals surface area contributed by atoms with Gasteiger partial charge in [-0.2, -0.15) is 8.78 Å². The molecular weight excluding hydrogens is 528 g/mol. The van der Waals surface area contributed by atoms with Gasteiger partial charge in [0.25, 0.3) is 0 Å². The lowest BCUT2D eigenvalue weighted by molar-refractivity contribution is -0.165. The third-order valence-electron chi connectivity index (χ3n) is 6.92. The van der Waals surface area contributed by atoms with Crippen molar-refractivity contribution in [3.63, 3.8) is 0 Å². The summed E-state index contributed by atoms with van der Waals surface area (Å²) in [6, 6.07) is 14.5. The first-order valence-electron chi connectivity index (χ1n) is 12.8. The number of carboxylic acids is 1. The fraction of sp³-hybridized carbons (Fsp3) is 0.267. The summed E-state index contributed by atoms with van der Waals surface area (Å²) in [6.45, 7) is 0. The van der Waals surface area contributed by atoms with Gasteiger partial charge in [0.05, 0.1) is 28.0 Å². The minimum Gasteiger partial charge on any atom is -0.477 e. The van der Waals surface area contributed by atoms with Crippen LogP contribution in [0.1, 0.15) is 59.0 Å². The third kappa shape index (κ3) is 5.80. The Morgan fingerprint density at radius 2 is 1.70 bits per heavy atom. The number of ether oxygens (including phenoxy) is 1. The molecule has 0 bridgehead atoms. The van der Waals surface area contributed by atoms with Gasteiger partial charge in [-0.05, 0) is 97.8 Å². The highest BCUT2D eigenvalue weighted by Gasteiger charge is 2.38. The van der Waals surface area contributed by atoms with Gasteiger partial charge in [-0.1, -0.05) is 6.07 Å². The molecule has 1 atom stereocenters. The average Bonchev–Trinajstić information content (AvgIpc) is 2.92. The van der Waals surface area contributed by atoms with Gasteiger partial charge in [0, 0.05) is 12.0 Å². The average molecular weight is 553 g/mol. The Morgan fingerprint density at radius 3 is 2.45 bits per heavy atom. The molecule has 1 aromatic heterocycles. The maximum absolute atomic E-state index is 13.7. The van der Waals surface area contributed by atoms with Crippen LogP contribution in [0.2, 0.25) is 0 Å². The molecule has 0 radical (unpaired) electrons. The molecule has 0 saturated heterocycles. The lowest BCUT2D eigenvalue weighted by Crippen LogP contribution is -2.28. The quantitative estimate of drug-likeness (QED) is 0.190. The van der Waals surface area contributed by atoms with Crippen LogP contribution in [-0.4, -0.2) is 32.9 Å². The number of hydrogen-bond donors (Lipinski definition) is 1. The summed E-state index contributed by atoms with van der Waals surface area (Å²) in [6.07, 6.45) is 0.400. The van der Waals surface area contributed by atoms with Crippen LogP contribution in [0.5, 0.6) is 0 Å². The number of nitrogens with zero attached hydrogens (tertiary/aromatic N) is 2. The maximum Gasteiger partial charge on any atom is 0.374 e. The first kappa shape index (κ1) is 27.2. The number of aliphatic carboxylic acids is 1. The maximum atomic E-state index is 13.7. The Balaban J connectivity index is 1.44. The van der Waals surface area contributed by atoms with Crippen LogP contribution in [0, 0.1) is 11.6 Å². The summed E-state index contributed by atoms with van der Waals surface area (Å²) in [5.41, 5.74) is 3.65. The van der Waals surface area contributed by atoms with Crippen molar-refractivity contribution >= 4 is 23.0 Å². The van der Waals surface area contributed by atoms with E-state index in [1.807, 2.05) is 0 Å². The Hall–Kier alpha value is -4.34. The molecule has 6 nitrogen and oxygen atoms in total. The molecule has 1 heterocycles. The standard InChI is InChI=1S/C30H24F4N2O4/c31-20-9-6-17(7-10-20)27-24(4-2-14-30(33,34)29(38)39)35-25-16-19(8-13-23(25)36-27)28(37)40-26-5-1-3-18-15-21(32)11-12-22(18)26/h6-13,15-16,26H,1-5,14H2,(H,38,39). The number of halogens is 4. The molecule has 1 aliphatic rings. The first-order valence-corrected chi connectivity index (χ1v) is 12.8. The Kier molecular flexibility index (Phi) is 7.51.